The minimum atomic E-state index is -4.12. The zero-order chi connectivity index (χ0) is 15.7. The van der Waals surface area contributed by atoms with Crippen molar-refractivity contribution < 1.29 is 23.1 Å². The Kier molecular flexibility index (Phi) is 4.79. The third-order valence-corrected chi connectivity index (χ3v) is 5.52. The van der Waals surface area contributed by atoms with E-state index >= 15 is 0 Å². The second-order valence-electron chi connectivity index (χ2n) is 4.68. The number of benzene rings is 1. The molecule has 21 heavy (non-hydrogen) atoms. The van der Waals surface area contributed by atoms with Crippen LogP contribution in [-0.2, 0) is 19.6 Å². The van der Waals surface area contributed by atoms with E-state index in [1.54, 1.807) is 0 Å². The minimum Gasteiger partial charge on any atom is -0.480 e. The summed E-state index contributed by atoms with van der Waals surface area (Å²) in [6.07, 6.45) is 0.0828. The number of nitrogens with one attached hydrogen (secondary N) is 1. The predicted octanol–water partition coefficient (Wildman–Crippen LogP) is 1.91. The smallest absolute Gasteiger partial charge is 0.325 e. The maximum Gasteiger partial charge on any atom is 0.325 e. The summed E-state index contributed by atoms with van der Waals surface area (Å²) in [5.74, 6) is -1.24. The number of sulfonamides is 1. The molecular formula is C12H13Cl2NO5S. The molecule has 2 rings (SSSR count). The van der Waals surface area contributed by atoms with Crippen molar-refractivity contribution in [1.29, 1.82) is 0 Å². The molecule has 0 aliphatic carbocycles. The quantitative estimate of drug-likeness (QED) is 0.862. The van der Waals surface area contributed by atoms with Gasteiger partial charge in [-0.25, -0.2) is 8.42 Å². The number of aliphatic carboxylic acids is 1. The molecule has 1 aromatic carbocycles. The van der Waals surface area contributed by atoms with Gasteiger partial charge >= 0.3 is 5.97 Å². The molecule has 1 aliphatic heterocycles. The molecule has 1 heterocycles. The molecule has 1 aromatic rings. The molecule has 0 saturated carbocycles. The lowest BCUT2D eigenvalue weighted by Crippen LogP contribution is -2.57. The Labute approximate surface area is 132 Å². The Morgan fingerprint density at radius 2 is 1.90 bits per heavy atom. The number of carboxylic acids is 1. The Hall–Kier alpha value is -0.860. The first-order valence-corrected chi connectivity index (χ1v) is 8.31. The first-order chi connectivity index (χ1) is 9.77. The Morgan fingerprint density at radius 1 is 1.29 bits per heavy atom. The summed E-state index contributed by atoms with van der Waals surface area (Å²) in [7, 11) is -4.12. The summed E-state index contributed by atoms with van der Waals surface area (Å²) in [6.45, 7) is 0.330. The van der Waals surface area contributed by atoms with Gasteiger partial charge in [-0.2, -0.15) is 4.72 Å². The average molecular weight is 354 g/mol. The van der Waals surface area contributed by atoms with Crippen molar-refractivity contribution in [3.05, 3.63) is 28.2 Å². The fourth-order valence-electron chi connectivity index (χ4n) is 2.07. The molecule has 6 nitrogen and oxygen atoms in total. The lowest BCUT2D eigenvalue weighted by molar-refractivity contribution is -0.147. The number of halogens is 2. The van der Waals surface area contributed by atoms with E-state index in [0.717, 1.165) is 0 Å². The fraction of sp³-hybridized carbons (Fsp3) is 0.417. The van der Waals surface area contributed by atoms with Crippen LogP contribution in [0.15, 0.2) is 23.1 Å². The van der Waals surface area contributed by atoms with Crippen LogP contribution >= 0.6 is 23.2 Å². The maximum atomic E-state index is 12.4. The zero-order valence-electron chi connectivity index (χ0n) is 10.8. The highest BCUT2D eigenvalue weighted by Gasteiger charge is 2.44. The van der Waals surface area contributed by atoms with Crippen molar-refractivity contribution in [2.75, 3.05) is 13.2 Å². The van der Waals surface area contributed by atoms with Crippen LogP contribution in [0.25, 0.3) is 0 Å². The second-order valence-corrected chi connectivity index (χ2v) is 7.17. The molecule has 116 valence electrons. The Bertz CT molecular complexity index is 656. The van der Waals surface area contributed by atoms with E-state index in [4.69, 9.17) is 27.9 Å². The van der Waals surface area contributed by atoms with Crippen LogP contribution in [-0.4, -0.2) is 38.2 Å². The summed E-state index contributed by atoms with van der Waals surface area (Å²) in [4.78, 5) is 11.2. The van der Waals surface area contributed by atoms with E-state index in [0.29, 0.717) is 0 Å². The summed E-state index contributed by atoms with van der Waals surface area (Å²) in [6, 6.07) is 3.97. The van der Waals surface area contributed by atoms with Crippen molar-refractivity contribution in [1.82, 2.24) is 4.72 Å². The predicted molar refractivity (Wildman–Crippen MR) is 77.2 cm³/mol. The fourth-order valence-corrected chi connectivity index (χ4v) is 4.26. The van der Waals surface area contributed by atoms with Gasteiger partial charge in [-0.1, -0.05) is 23.2 Å². The highest BCUT2D eigenvalue weighted by atomic mass is 35.5. The topological polar surface area (TPSA) is 92.7 Å². The van der Waals surface area contributed by atoms with E-state index in [-0.39, 0.29) is 41.0 Å². The van der Waals surface area contributed by atoms with E-state index in [9.17, 15) is 18.3 Å². The van der Waals surface area contributed by atoms with Gasteiger partial charge < -0.3 is 9.84 Å². The van der Waals surface area contributed by atoms with Gasteiger partial charge in [0, 0.05) is 31.1 Å². The van der Waals surface area contributed by atoms with Gasteiger partial charge in [0.1, 0.15) is 10.4 Å². The largest absolute Gasteiger partial charge is 0.480 e. The summed E-state index contributed by atoms with van der Waals surface area (Å²) < 4.78 is 32.2. The van der Waals surface area contributed by atoms with Crippen LogP contribution in [0.4, 0.5) is 0 Å². The van der Waals surface area contributed by atoms with Crippen LogP contribution in [0.1, 0.15) is 12.8 Å². The van der Waals surface area contributed by atoms with E-state index < -0.39 is 21.5 Å². The molecule has 0 amide bonds. The minimum absolute atomic E-state index is 0.0282. The first-order valence-electron chi connectivity index (χ1n) is 6.07. The molecule has 1 aliphatic rings. The van der Waals surface area contributed by atoms with Gasteiger partial charge in [-0.3, -0.25) is 4.79 Å². The molecule has 0 atom stereocenters. The molecule has 0 unspecified atom stereocenters. The van der Waals surface area contributed by atoms with Gasteiger partial charge in [0.15, 0.2) is 0 Å². The van der Waals surface area contributed by atoms with Gasteiger partial charge in [-0.05, 0) is 18.2 Å². The number of ether oxygens (including phenoxy) is 1. The SMILES string of the molecule is O=C(O)C1(NS(=O)(=O)c2cc(Cl)ccc2Cl)CCOCC1. The van der Waals surface area contributed by atoms with Gasteiger partial charge in [-0.15, -0.1) is 0 Å². The van der Waals surface area contributed by atoms with Crippen LogP contribution in [0.2, 0.25) is 10.0 Å². The highest BCUT2D eigenvalue weighted by molar-refractivity contribution is 7.89. The third kappa shape index (κ3) is 3.49. The van der Waals surface area contributed by atoms with Gasteiger partial charge in [0.05, 0.1) is 5.02 Å². The number of carboxylic acid groups (broad SMARTS) is 1. The van der Waals surface area contributed by atoms with Crippen LogP contribution in [0.5, 0.6) is 0 Å². The van der Waals surface area contributed by atoms with Crippen molar-refractivity contribution >= 4 is 39.2 Å². The van der Waals surface area contributed by atoms with Gasteiger partial charge in [0.25, 0.3) is 0 Å². The van der Waals surface area contributed by atoms with Crippen molar-refractivity contribution in [3.8, 4) is 0 Å². The molecular weight excluding hydrogens is 341 g/mol. The van der Waals surface area contributed by atoms with E-state index in [2.05, 4.69) is 4.72 Å². The molecule has 0 radical (unpaired) electrons. The molecule has 1 saturated heterocycles. The lowest BCUT2D eigenvalue weighted by atomic mass is 9.92. The normalized spacial score (nSPS) is 18.4. The number of hydrogen-bond donors (Lipinski definition) is 2. The summed E-state index contributed by atoms with van der Waals surface area (Å²) in [5.41, 5.74) is -1.59. The second kappa shape index (κ2) is 6.10. The number of rotatable bonds is 4. The van der Waals surface area contributed by atoms with E-state index in [1.807, 2.05) is 0 Å². The standard InChI is InChI=1S/C12H13Cl2NO5S/c13-8-1-2-9(14)10(7-8)21(18,19)15-12(11(16)17)3-5-20-6-4-12/h1-2,7,15H,3-6H2,(H,16,17). The van der Waals surface area contributed by atoms with Crippen molar-refractivity contribution in [3.63, 3.8) is 0 Å². The lowest BCUT2D eigenvalue weighted by Gasteiger charge is -2.33. The molecule has 0 spiro atoms. The van der Waals surface area contributed by atoms with Crippen LogP contribution < -0.4 is 4.72 Å². The molecule has 2 N–H and O–H groups in total. The Balaban J connectivity index is 2.39. The third-order valence-electron chi connectivity index (χ3n) is 3.27. The van der Waals surface area contributed by atoms with Crippen molar-refractivity contribution in [2.45, 2.75) is 23.3 Å². The van der Waals surface area contributed by atoms with Crippen LogP contribution in [0, 0.1) is 0 Å². The highest BCUT2D eigenvalue weighted by Crippen LogP contribution is 2.28. The van der Waals surface area contributed by atoms with E-state index in [1.165, 1.54) is 18.2 Å². The van der Waals surface area contributed by atoms with Crippen LogP contribution in [0.3, 0.4) is 0 Å². The average Bonchev–Trinajstić information content (AvgIpc) is 2.42. The monoisotopic (exact) mass is 353 g/mol. The summed E-state index contributed by atoms with van der Waals surface area (Å²) >= 11 is 11.6. The molecule has 0 bridgehead atoms. The number of hydrogen-bond acceptors (Lipinski definition) is 4. The molecule has 9 heteroatoms. The zero-order valence-corrected chi connectivity index (χ0v) is 13.1. The summed E-state index contributed by atoms with van der Waals surface area (Å²) in [5, 5.41) is 9.54. The molecule has 0 aromatic heterocycles. The first kappa shape index (κ1) is 16.5. The molecule has 1 fully saturated rings. The Morgan fingerprint density at radius 3 is 2.48 bits per heavy atom. The van der Waals surface area contributed by atoms with Crippen molar-refractivity contribution in [2.24, 2.45) is 0 Å². The maximum absolute atomic E-state index is 12.4. The van der Waals surface area contributed by atoms with Gasteiger partial charge in [0.2, 0.25) is 10.0 Å². The number of carbonyl (C=O) groups is 1.